The Balaban J connectivity index is 0. The molecule has 5 nitrogen and oxygen atoms in total. The van der Waals surface area contributed by atoms with E-state index < -0.39 is 6.04 Å². The first-order valence-electron chi connectivity index (χ1n) is 8.09. The minimum Gasteiger partial charge on any atom is -0.373 e. The topological polar surface area (TPSA) is 61.4 Å². The molecule has 1 unspecified atom stereocenters. The van der Waals surface area contributed by atoms with E-state index in [2.05, 4.69) is 23.8 Å². The minimum absolute atomic E-state index is 0.0781. The quantitative estimate of drug-likeness (QED) is 0.530. The SMILES string of the molecule is C=C(CNC(=O)C(=C)C)NC(C(=O)N(C)C)/C(C)=C/C=C\C.CC. The second-order valence-corrected chi connectivity index (χ2v) is 5.31. The van der Waals surface area contributed by atoms with Crippen LogP contribution in [0.5, 0.6) is 0 Å². The molecule has 136 valence electrons. The molecule has 2 amide bonds. The van der Waals surface area contributed by atoms with Gasteiger partial charge in [-0.3, -0.25) is 9.59 Å². The van der Waals surface area contributed by atoms with Gasteiger partial charge in [-0.25, -0.2) is 0 Å². The Hall–Kier alpha value is -2.30. The van der Waals surface area contributed by atoms with Crippen LogP contribution in [0.3, 0.4) is 0 Å². The Morgan fingerprint density at radius 2 is 1.71 bits per heavy atom. The first-order chi connectivity index (χ1) is 11.2. The summed E-state index contributed by atoms with van der Waals surface area (Å²) in [6, 6.07) is -0.513. The van der Waals surface area contributed by atoms with Gasteiger partial charge in [0, 0.05) is 25.4 Å². The van der Waals surface area contributed by atoms with Gasteiger partial charge in [0.2, 0.25) is 11.8 Å². The van der Waals surface area contributed by atoms with Gasteiger partial charge < -0.3 is 15.5 Å². The average Bonchev–Trinajstić information content (AvgIpc) is 2.56. The lowest BCUT2D eigenvalue weighted by atomic mass is 10.1. The van der Waals surface area contributed by atoms with Crippen molar-refractivity contribution in [1.29, 1.82) is 0 Å². The van der Waals surface area contributed by atoms with Gasteiger partial charge in [-0.1, -0.05) is 45.2 Å². The molecular weight excluding hydrogens is 302 g/mol. The monoisotopic (exact) mass is 335 g/mol. The highest BCUT2D eigenvalue weighted by Gasteiger charge is 2.22. The maximum absolute atomic E-state index is 12.3. The molecule has 0 aromatic rings. The van der Waals surface area contributed by atoms with E-state index in [1.165, 1.54) is 4.90 Å². The number of hydrogen-bond donors (Lipinski definition) is 2. The molecule has 0 radical (unpaired) electrons. The van der Waals surface area contributed by atoms with Crippen LogP contribution < -0.4 is 10.6 Å². The normalized spacial score (nSPS) is 11.9. The highest BCUT2D eigenvalue weighted by molar-refractivity contribution is 5.92. The lowest BCUT2D eigenvalue weighted by molar-refractivity contribution is -0.129. The molecule has 24 heavy (non-hydrogen) atoms. The van der Waals surface area contributed by atoms with Crippen molar-refractivity contribution >= 4 is 11.8 Å². The number of carbonyl (C=O) groups is 2. The number of hydrogen-bond acceptors (Lipinski definition) is 3. The molecule has 0 aliphatic rings. The van der Waals surface area contributed by atoms with Crippen LogP contribution in [-0.4, -0.2) is 43.4 Å². The van der Waals surface area contributed by atoms with Gasteiger partial charge in [0.25, 0.3) is 0 Å². The van der Waals surface area contributed by atoms with Crippen molar-refractivity contribution in [3.05, 3.63) is 48.2 Å². The standard InChI is InChI=1S/C17H27N3O2.C2H6/c1-8-9-10-13(4)15(17(22)20(6)7)19-14(5)11-18-16(21)12(2)3;1-2/h8-10,15,19H,2,5,11H2,1,3-4,6-7H3,(H,18,21);1-2H3/b9-8-,13-10+;. The minimum atomic E-state index is -0.513. The fraction of sp³-hybridized carbons (Fsp3) is 0.474. The van der Waals surface area contributed by atoms with E-state index in [-0.39, 0.29) is 18.4 Å². The number of allylic oxidation sites excluding steroid dienone is 3. The number of likely N-dealkylation sites (N-methyl/N-ethyl adjacent to an activating group) is 1. The first-order valence-corrected chi connectivity index (χ1v) is 8.09. The van der Waals surface area contributed by atoms with Crippen LogP contribution in [-0.2, 0) is 9.59 Å². The van der Waals surface area contributed by atoms with Crippen LogP contribution in [0.1, 0.15) is 34.6 Å². The van der Waals surface area contributed by atoms with Gasteiger partial charge in [-0.05, 0) is 26.3 Å². The Bertz CT molecular complexity index is 503. The van der Waals surface area contributed by atoms with Gasteiger partial charge in [0.05, 0.1) is 6.54 Å². The van der Waals surface area contributed by atoms with Gasteiger partial charge in [-0.2, -0.15) is 0 Å². The van der Waals surface area contributed by atoms with Crippen molar-refractivity contribution < 1.29 is 9.59 Å². The number of rotatable bonds is 8. The third-order valence-electron chi connectivity index (χ3n) is 2.89. The molecule has 0 saturated heterocycles. The summed E-state index contributed by atoms with van der Waals surface area (Å²) < 4.78 is 0. The Labute approximate surface area is 147 Å². The van der Waals surface area contributed by atoms with Crippen molar-refractivity contribution in [2.75, 3.05) is 20.6 Å². The largest absolute Gasteiger partial charge is 0.373 e. The van der Waals surface area contributed by atoms with Crippen LogP contribution in [0.2, 0.25) is 0 Å². The van der Waals surface area contributed by atoms with Crippen molar-refractivity contribution in [2.24, 2.45) is 0 Å². The van der Waals surface area contributed by atoms with Crippen LogP contribution >= 0.6 is 0 Å². The molecule has 2 N–H and O–H groups in total. The molecule has 0 aliphatic heterocycles. The highest BCUT2D eigenvalue weighted by Crippen LogP contribution is 2.07. The van der Waals surface area contributed by atoms with E-state index in [9.17, 15) is 9.59 Å². The molecule has 0 aliphatic carbocycles. The van der Waals surface area contributed by atoms with Crippen LogP contribution in [0, 0.1) is 0 Å². The van der Waals surface area contributed by atoms with E-state index in [0.717, 1.165) is 5.57 Å². The molecule has 0 spiro atoms. The third-order valence-corrected chi connectivity index (χ3v) is 2.89. The van der Waals surface area contributed by atoms with E-state index in [0.29, 0.717) is 11.3 Å². The van der Waals surface area contributed by atoms with Crippen molar-refractivity contribution in [3.8, 4) is 0 Å². The molecule has 0 rings (SSSR count). The number of amides is 2. The van der Waals surface area contributed by atoms with E-state index in [4.69, 9.17) is 0 Å². The Kier molecular flexibility index (Phi) is 13.1. The summed E-state index contributed by atoms with van der Waals surface area (Å²) in [4.78, 5) is 25.3. The van der Waals surface area contributed by atoms with Crippen molar-refractivity contribution in [3.63, 3.8) is 0 Å². The van der Waals surface area contributed by atoms with Crippen molar-refractivity contribution in [2.45, 2.75) is 40.7 Å². The van der Waals surface area contributed by atoms with E-state index in [1.54, 1.807) is 21.0 Å². The van der Waals surface area contributed by atoms with Gasteiger partial charge in [0.15, 0.2) is 0 Å². The van der Waals surface area contributed by atoms with Crippen LogP contribution in [0.25, 0.3) is 0 Å². The fourth-order valence-corrected chi connectivity index (χ4v) is 1.57. The summed E-state index contributed by atoms with van der Waals surface area (Å²) in [6.45, 7) is 17.1. The summed E-state index contributed by atoms with van der Waals surface area (Å²) in [5.41, 5.74) is 1.85. The lowest BCUT2D eigenvalue weighted by Gasteiger charge is -2.24. The predicted molar refractivity (Wildman–Crippen MR) is 103 cm³/mol. The summed E-state index contributed by atoms with van der Waals surface area (Å²) in [5, 5.41) is 5.75. The predicted octanol–water partition coefficient (Wildman–Crippen LogP) is 2.79. The molecule has 0 aromatic carbocycles. The third kappa shape index (κ3) is 9.66. The number of nitrogens with zero attached hydrogens (tertiary/aromatic N) is 1. The van der Waals surface area contributed by atoms with E-state index in [1.807, 2.05) is 45.9 Å². The summed E-state index contributed by atoms with van der Waals surface area (Å²) in [6.07, 6.45) is 5.64. The smallest absolute Gasteiger partial charge is 0.248 e. The Morgan fingerprint density at radius 1 is 1.17 bits per heavy atom. The first kappa shape index (κ1) is 24.0. The fourth-order valence-electron chi connectivity index (χ4n) is 1.57. The van der Waals surface area contributed by atoms with Crippen LogP contribution in [0.15, 0.2) is 48.2 Å². The summed E-state index contributed by atoms with van der Waals surface area (Å²) in [5.74, 6) is -0.315. The summed E-state index contributed by atoms with van der Waals surface area (Å²) >= 11 is 0. The van der Waals surface area contributed by atoms with Gasteiger partial charge in [-0.15, -0.1) is 0 Å². The molecular formula is C19H33N3O2. The maximum atomic E-state index is 12.3. The number of carbonyl (C=O) groups excluding carboxylic acids is 2. The molecule has 0 aromatic heterocycles. The molecule has 0 saturated carbocycles. The molecule has 1 atom stereocenters. The average molecular weight is 335 g/mol. The van der Waals surface area contributed by atoms with Crippen LogP contribution in [0.4, 0.5) is 0 Å². The zero-order valence-corrected chi connectivity index (χ0v) is 16.2. The molecule has 0 bridgehead atoms. The second kappa shape index (κ2) is 13.2. The lowest BCUT2D eigenvalue weighted by Crippen LogP contribution is -2.45. The van der Waals surface area contributed by atoms with Gasteiger partial charge >= 0.3 is 0 Å². The molecule has 0 fully saturated rings. The molecule has 0 heterocycles. The van der Waals surface area contributed by atoms with Crippen molar-refractivity contribution in [1.82, 2.24) is 15.5 Å². The Morgan fingerprint density at radius 3 is 2.12 bits per heavy atom. The number of nitrogens with one attached hydrogen (secondary N) is 2. The highest BCUT2D eigenvalue weighted by atomic mass is 16.2. The second-order valence-electron chi connectivity index (χ2n) is 5.31. The zero-order chi connectivity index (χ0) is 19.3. The summed E-state index contributed by atoms with van der Waals surface area (Å²) in [7, 11) is 3.40. The zero-order valence-electron chi connectivity index (χ0n) is 16.2. The van der Waals surface area contributed by atoms with E-state index >= 15 is 0 Å². The molecule has 5 heteroatoms. The van der Waals surface area contributed by atoms with Gasteiger partial charge in [0.1, 0.15) is 6.04 Å². The maximum Gasteiger partial charge on any atom is 0.248 e.